The molecule has 2 atom stereocenters. The number of benzene rings is 1. The van der Waals surface area contributed by atoms with Crippen LogP contribution < -0.4 is 10.1 Å². The summed E-state index contributed by atoms with van der Waals surface area (Å²) in [5.74, 6) is 0.676. The van der Waals surface area contributed by atoms with Gasteiger partial charge in [0, 0.05) is 31.8 Å². The van der Waals surface area contributed by atoms with E-state index in [4.69, 9.17) is 14.7 Å². The second-order valence-electron chi connectivity index (χ2n) is 6.20. The van der Waals surface area contributed by atoms with Crippen LogP contribution >= 0.6 is 0 Å². The number of hydrogen-bond acceptors (Lipinski definition) is 5. The van der Waals surface area contributed by atoms with E-state index in [1.807, 2.05) is 16.9 Å². The molecule has 0 unspecified atom stereocenters. The van der Waals surface area contributed by atoms with Gasteiger partial charge in [-0.1, -0.05) is 0 Å². The molecule has 1 fully saturated rings. The lowest BCUT2D eigenvalue weighted by Crippen LogP contribution is -2.51. The molecular weight excluding hydrogens is 332 g/mol. The smallest absolute Gasteiger partial charge is 0.220 e. The zero-order chi connectivity index (χ0) is 18.2. The highest BCUT2D eigenvalue weighted by Gasteiger charge is 2.28. The van der Waals surface area contributed by atoms with Crippen LogP contribution in [0.1, 0.15) is 24.8 Å². The summed E-state index contributed by atoms with van der Waals surface area (Å²) in [5.41, 5.74) is 0.589. The van der Waals surface area contributed by atoms with E-state index in [9.17, 15) is 4.79 Å². The lowest BCUT2D eigenvalue weighted by Gasteiger charge is -2.32. The molecule has 0 saturated carbocycles. The molecule has 1 N–H and O–H groups in total. The zero-order valence-corrected chi connectivity index (χ0v) is 14.5. The van der Waals surface area contributed by atoms with E-state index in [0.717, 1.165) is 6.42 Å². The molecule has 3 rings (SSSR count). The van der Waals surface area contributed by atoms with Crippen molar-refractivity contribution < 1.29 is 14.3 Å². The van der Waals surface area contributed by atoms with Crippen molar-refractivity contribution in [2.75, 3.05) is 13.2 Å². The van der Waals surface area contributed by atoms with E-state index in [1.165, 1.54) is 0 Å². The van der Waals surface area contributed by atoms with Crippen molar-refractivity contribution in [3.05, 3.63) is 48.3 Å². The number of aryl methyl sites for hydroxylation is 1. The van der Waals surface area contributed by atoms with Crippen molar-refractivity contribution in [1.82, 2.24) is 15.1 Å². The first-order valence-electron chi connectivity index (χ1n) is 8.76. The largest absolute Gasteiger partial charge is 0.488 e. The number of nitriles is 1. The summed E-state index contributed by atoms with van der Waals surface area (Å²) in [5, 5.41) is 16.0. The van der Waals surface area contributed by atoms with Crippen LogP contribution in [0.25, 0.3) is 0 Å². The van der Waals surface area contributed by atoms with Crippen LogP contribution in [0.5, 0.6) is 5.75 Å². The van der Waals surface area contributed by atoms with E-state index in [0.29, 0.717) is 43.9 Å². The van der Waals surface area contributed by atoms with Gasteiger partial charge in [0.15, 0.2) is 0 Å². The molecule has 1 aliphatic heterocycles. The fourth-order valence-corrected chi connectivity index (χ4v) is 2.89. The molecule has 26 heavy (non-hydrogen) atoms. The summed E-state index contributed by atoms with van der Waals surface area (Å²) in [6.07, 6.45) is 5.32. The first-order chi connectivity index (χ1) is 12.7. The van der Waals surface area contributed by atoms with Gasteiger partial charge in [-0.25, -0.2) is 0 Å². The number of ether oxygens (including phenoxy) is 2. The van der Waals surface area contributed by atoms with Gasteiger partial charge in [0.25, 0.3) is 0 Å². The third-order valence-corrected chi connectivity index (χ3v) is 4.26. The standard InChI is InChI=1S/C19H22N4O3/c20-13-15-4-6-16(7-5-15)26-18-8-12-25-14-17(18)22-19(24)3-1-10-23-11-2-9-21-23/h2,4-7,9,11,17-18H,1,3,8,10,12,14H2,(H,22,24)/t17-,18-/m1/s1. The van der Waals surface area contributed by atoms with Gasteiger partial charge in [-0.2, -0.15) is 10.4 Å². The van der Waals surface area contributed by atoms with Crippen LogP contribution in [0.2, 0.25) is 0 Å². The van der Waals surface area contributed by atoms with Gasteiger partial charge in [-0.05, 0) is 36.8 Å². The van der Waals surface area contributed by atoms with Gasteiger partial charge < -0.3 is 14.8 Å². The molecule has 0 aliphatic carbocycles. The second-order valence-corrected chi connectivity index (χ2v) is 6.20. The van der Waals surface area contributed by atoms with Crippen molar-refractivity contribution in [3.8, 4) is 11.8 Å². The number of carbonyl (C=O) groups excluding carboxylic acids is 1. The van der Waals surface area contributed by atoms with E-state index >= 15 is 0 Å². The van der Waals surface area contributed by atoms with Gasteiger partial charge in [-0.15, -0.1) is 0 Å². The van der Waals surface area contributed by atoms with Gasteiger partial charge >= 0.3 is 0 Å². The fraction of sp³-hybridized carbons (Fsp3) is 0.421. The molecule has 2 heterocycles. The number of amides is 1. The summed E-state index contributed by atoms with van der Waals surface area (Å²) in [7, 11) is 0. The predicted molar refractivity (Wildman–Crippen MR) is 94.4 cm³/mol. The Kier molecular flexibility index (Phi) is 6.23. The normalized spacial score (nSPS) is 19.5. The molecule has 1 aliphatic rings. The number of rotatable bonds is 7. The summed E-state index contributed by atoms with van der Waals surface area (Å²) < 4.78 is 13.3. The number of hydrogen-bond donors (Lipinski definition) is 1. The molecule has 0 radical (unpaired) electrons. The number of aromatic nitrogens is 2. The Morgan fingerprint density at radius 3 is 3.00 bits per heavy atom. The Labute approximate surface area is 152 Å². The molecule has 0 bridgehead atoms. The highest BCUT2D eigenvalue weighted by Crippen LogP contribution is 2.19. The van der Waals surface area contributed by atoms with Crippen LogP contribution in [0, 0.1) is 11.3 Å². The van der Waals surface area contributed by atoms with Crippen molar-refractivity contribution in [3.63, 3.8) is 0 Å². The monoisotopic (exact) mass is 354 g/mol. The van der Waals surface area contributed by atoms with Crippen LogP contribution in [0.3, 0.4) is 0 Å². The number of nitrogens with zero attached hydrogens (tertiary/aromatic N) is 3. The zero-order valence-electron chi connectivity index (χ0n) is 14.5. The van der Waals surface area contributed by atoms with E-state index in [-0.39, 0.29) is 18.1 Å². The first-order valence-corrected chi connectivity index (χ1v) is 8.76. The minimum absolute atomic E-state index is 0.0129. The lowest BCUT2D eigenvalue weighted by atomic mass is 10.1. The van der Waals surface area contributed by atoms with E-state index in [2.05, 4.69) is 16.5 Å². The molecule has 2 aromatic rings. The van der Waals surface area contributed by atoms with Crippen molar-refractivity contribution in [2.45, 2.75) is 38.0 Å². The third-order valence-electron chi connectivity index (χ3n) is 4.26. The van der Waals surface area contributed by atoms with Crippen molar-refractivity contribution in [1.29, 1.82) is 5.26 Å². The average molecular weight is 354 g/mol. The van der Waals surface area contributed by atoms with Gasteiger partial charge in [0.2, 0.25) is 5.91 Å². The minimum Gasteiger partial charge on any atom is -0.488 e. The fourth-order valence-electron chi connectivity index (χ4n) is 2.89. The quantitative estimate of drug-likeness (QED) is 0.820. The minimum atomic E-state index is -0.184. The molecule has 1 saturated heterocycles. The number of carbonyl (C=O) groups is 1. The maximum atomic E-state index is 12.2. The highest BCUT2D eigenvalue weighted by molar-refractivity contribution is 5.76. The lowest BCUT2D eigenvalue weighted by molar-refractivity contribution is -0.124. The molecule has 136 valence electrons. The second kappa shape index (κ2) is 9.02. The highest BCUT2D eigenvalue weighted by atomic mass is 16.5. The van der Waals surface area contributed by atoms with E-state index < -0.39 is 0 Å². The summed E-state index contributed by atoms with van der Waals surface area (Å²) in [6, 6.07) is 10.8. The summed E-state index contributed by atoms with van der Waals surface area (Å²) in [4.78, 5) is 12.2. The molecular formula is C19H22N4O3. The Morgan fingerprint density at radius 1 is 1.42 bits per heavy atom. The molecule has 7 heteroatoms. The SMILES string of the molecule is N#Cc1ccc(O[C@@H]2CCOC[C@H]2NC(=O)CCCn2cccn2)cc1. The molecule has 1 aromatic heterocycles. The Balaban J connectivity index is 1.49. The topological polar surface area (TPSA) is 89.2 Å². The van der Waals surface area contributed by atoms with Crippen molar-refractivity contribution >= 4 is 5.91 Å². The molecule has 7 nitrogen and oxygen atoms in total. The van der Waals surface area contributed by atoms with Gasteiger partial charge in [-0.3, -0.25) is 9.48 Å². The molecule has 0 spiro atoms. The Bertz CT molecular complexity index is 737. The summed E-state index contributed by atoms with van der Waals surface area (Å²) >= 11 is 0. The van der Waals surface area contributed by atoms with Crippen LogP contribution in [-0.4, -0.2) is 41.0 Å². The third kappa shape index (κ3) is 5.07. The van der Waals surface area contributed by atoms with Crippen LogP contribution in [0.15, 0.2) is 42.7 Å². The maximum Gasteiger partial charge on any atom is 0.220 e. The first kappa shape index (κ1) is 18.0. The van der Waals surface area contributed by atoms with E-state index in [1.54, 1.807) is 30.5 Å². The van der Waals surface area contributed by atoms with Crippen molar-refractivity contribution in [2.24, 2.45) is 0 Å². The number of nitrogens with one attached hydrogen (secondary N) is 1. The molecule has 1 aromatic carbocycles. The Morgan fingerprint density at radius 2 is 2.27 bits per heavy atom. The van der Waals surface area contributed by atoms with Crippen LogP contribution in [0.4, 0.5) is 0 Å². The molecule has 1 amide bonds. The van der Waals surface area contributed by atoms with Gasteiger partial charge in [0.05, 0.1) is 30.9 Å². The maximum absolute atomic E-state index is 12.2. The predicted octanol–water partition coefficient (Wildman–Crippen LogP) is 1.89. The average Bonchev–Trinajstić information content (AvgIpc) is 3.17. The summed E-state index contributed by atoms with van der Waals surface area (Å²) in [6.45, 7) is 1.76. The van der Waals surface area contributed by atoms with Crippen LogP contribution in [-0.2, 0) is 16.1 Å². The van der Waals surface area contributed by atoms with Gasteiger partial charge in [0.1, 0.15) is 11.9 Å². The Hall–Kier alpha value is -2.85.